The molecule has 3 nitrogen and oxygen atoms in total. The molecule has 0 aliphatic heterocycles. The summed E-state index contributed by atoms with van der Waals surface area (Å²) in [5, 5.41) is 8.99. The van der Waals surface area contributed by atoms with Crippen LogP contribution in [0.3, 0.4) is 0 Å². The van der Waals surface area contributed by atoms with E-state index in [4.69, 9.17) is 5.11 Å². The van der Waals surface area contributed by atoms with Crippen molar-refractivity contribution in [2.24, 2.45) is 0 Å². The van der Waals surface area contributed by atoms with Gasteiger partial charge < -0.3 is 10.0 Å². The van der Waals surface area contributed by atoms with Crippen molar-refractivity contribution in [3.63, 3.8) is 0 Å². The maximum Gasteiger partial charge on any atom is 0.253 e. The first kappa shape index (κ1) is 16.6. The van der Waals surface area contributed by atoms with Gasteiger partial charge in [-0.05, 0) is 36.8 Å². The normalized spacial score (nSPS) is 10.5. The molecule has 0 saturated heterocycles. The molecule has 1 amide bonds. The Kier molecular flexibility index (Phi) is 6.49. The van der Waals surface area contributed by atoms with E-state index < -0.39 is 0 Å². The fourth-order valence-electron chi connectivity index (χ4n) is 2.13. The number of likely N-dealkylation sites (N-methyl/N-ethyl adjacent to an activating group) is 1. The Balaban J connectivity index is 1.96. The van der Waals surface area contributed by atoms with Crippen molar-refractivity contribution in [1.82, 2.24) is 4.90 Å². The lowest BCUT2D eigenvalue weighted by atomic mass is 10.1. The van der Waals surface area contributed by atoms with Crippen molar-refractivity contribution < 1.29 is 9.90 Å². The van der Waals surface area contributed by atoms with Crippen molar-refractivity contribution in [2.45, 2.75) is 17.6 Å². The summed E-state index contributed by atoms with van der Waals surface area (Å²) in [4.78, 5) is 15.2. The van der Waals surface area contributed by atoms with Crippen LogP contribution in [0.1, 0.15) is 22.8 Å². The zero-order chi connectivity index (χ0) is 15.8. The van der Waals surface area contributed by atoms with Crippen LogP contribution in [0, 0.1) is 0 Å². The number of amides is 1. The Bertz CT molecular complexity index is 584. The van der Waals surface area contributed by atoms with Crippen LogP contribution in [0.25, 0.3) is 0 Å². The number of aliphatic hydroxyl groups excluding tert-OH is 1. The third kappa shape index (κ3) is 4.61. The highest BCUT2D eigenvalue weighted by Gasteiger charge is 2.13. The minimum Gasteiger partial charge on any atom is -0.395 e. The minimum atomic E-state index is -0.0289. The Morgan fingerprint density at radius 1 is 1.09 bits per heavy atom. The number of thioether (sulfide) groups is 1. The first-order chi connectivity index (χ1) is 10.7. The predicted octanol–water partition coefficient (Wildman–Crippen LogP) is 3.43. The van der Waals surface area contributed by atoms with Gasteiger partial charge in [0.15, 0.2) is 0 Å². The lowest BCUT2D eigenvalue weighted by molar-refractivity contribution is 0.0732. The second kappa shape index (κ2) is 8.61. The number of nitrogens with zero attached hydrogens (tertiary/aromatic N) is 1. The van der Waals surface area contributed by atoms with Crippen LogP contribution in [0.5, 0.6) is 0 Å². The number of aliphatic hydroxyl groups is 1. The molecule has 0 aromatic heterocycles. The molecule has 0 fully saturated rings. The highest BCUT2D eigenvalue weighted by Crippen LogP contribution is 2.22. The van der Waals surface area contributed by atoms with E-state index in [1.165, 1.54) is 10.5 Å². The Hall–Kier alpha value is -1.78. The fourth-order valence-corrected chi connectivity index (χ4v) is 3.01. The molecule has 1 N–H and O–H groups in total. The van der Waals surface area contributed by atoms with Crippen LogP contribution in [-0.4, -0.2) is 35.6 Å². The Labute approximate surface area is 136 Å². The standard InChI is InChI=1S/C18H21NO2S/c1-2-19(12-13-20)18(21)16-10-8-15(9-11-16)14-22-17-6-4-3-5-7-17/h3-11,20H,2,12-14H2,1H3. The van der Waals surface area contributed by atoms with Gasteiger partial charge in [-0.25, -0.2) is 0 Å². The van der Waals surface area contributed by atoms with Gasteiger partial charge in [-0.15, -0.1) is 11.8 Å². The van der Waals surface area contributed by atoms with E-state index in [1.54, 1.807) is 16.7 Å². The van der Waals surface area contributed by atoms with Gasteiger partial charge in [0.1, 0.15) is 0 Å². The largest absolute Gasteiger partial charge is 0.395 e. The topological polar surface area (TPSA) is 40.5 Å². The third-order valence-electron chi connectivity index (χ3n) is 3.39. The third-order valence-corrected chi connectivity index (χ3v) is 4.47. The van der Waals surface area contributed by atoms with Crippen LogP contribution >= 0.6 is 11.8 Å². The zero-order valence-electron chi connectivity index (χ0n) is 12.7. The maximum atomic E-state index is 12.3. The second-order valence-electron chi connectivity index (χ2n) is 4.91. The summed E-state index contributed by atoms with van der Waals surface area (Å²) in [5.41, 5.74) is 1.86. The smallest absolute Gasteiger partial charge is 0.253 e. The number of carbonyl (C=O) groups is 1. The van der Waals surface area contributed by atoms with Gasteiger partial charge in [0.25, 0.3) is 5.91 Å². The van der Waals surface area contributed by atoms with Gasteiger partial charge in [-0.1, -0.05) is 30.3 Å². The number of hydrogen-bond acceptors (Lipinski definition) is 3. The quantitative estimate of drug-likeness (QED) is 0.796. The zero-order valence-corrected chi connectivity index (χ0v) is 13.6. The van der Waals surface area contributed by atoms with Crippen molar-refractivity contribution in [2.75, 3.05) is 19.7 Å². The molecule has 2 rings (SSSR count). The Morgan fingerprint density at radius 2 is 1.77 bits per heavy atom. The lowest BCUT2D eigenvalue weighted by Crippen LogP contribution is -2.33. The summed E-state index contributed by atoms with van der Waals surface area (Å²) in [5.74, 6) is 0.853. The first-order valence-electron chi connectivity index (χ1n) is 7.41. The van der Waals surface area contributed by atoms with Gasteiger partial charge in [0, 0.05) is 29.3 Å². The molecule has 0 unspecified atom stereocenters. The van der Waals surface area contributed by atoms with E-state index in [-0.39, 0.29) is 12.5 Å². The molecule has 0 spiro atoms. The summed E-state index contributed by atoms with van der Waals surface area (Å²) in [6.45, 7) is 2.88. The molecule has 22 heavy (non-hydrogen) atoms. The minimum absolute atomic E-state index is 0.00855. The van der Waals surface area contributed by atoms with E-state index in [0.717, 1.165) is 5.75 Å². The number of benzene rings is 2. The van der Waals surface area contributed by atoms with E-state index in [2.05, 4.69) is 12.1 Å². The van der Waals surface area contributed by atoms with Crippen LogP contribution in [0.15, 0.2) is 59.5 Å². The van der Waals surface area contributed by atoms with Crippen molar-refractivity contribution in [3.8, 4) is 0 Å². The molecule has 116 valence electrons. The number of rotatable bonds is 7. The average Bonchev–Trinajstić information content (AvgIpc) is 2.58. The summed E-state index contributed by atoms with van der Waals surface area (Å²) < 4.78 is 0. The van der Waals surface area contributed by atoms with E-state index in [9.17, 15) is 4.79 Å². The van der Waals surface area contributed by atoms with E-state index >= 15 is 0 Å². The van der Waals surface area contributed by atoms with Gasteiger partial charge in [0.05, 0.1) is 6.61 Å². The maximum absolute atomic E-state index is 12.3. The van der Waals surface area contributed by atoms with Gasteiger partial charge in [0.2, 0.25) is 0 Å². The van der Waals surface area contributed by atoms with Crippen LogP contribution in [0.4, 0.5) is 0 Å². The molecule has 2 aromatic carbocycles. The number of carbonyl (C=O) groups excluding carboxylic acids is 1. The molecule has 0 saturated carbocycles. The van der Waals surface area contributed by atoms with Gasteiger partial charge in [-0.2, -0.15) is 0 Å². The predicted molar refractivity (Wildman–Crippen MR) is 91.1 cm³/mol. The Morgan fingerprint density at radius 3 is 2.36 bits per heavy atom. The molecular weight excluding hydrogens is 294 g/mol. The monoisotopic (exact) mass is 315 g/mol. The van der Waals surface area contributed by atoms with Gasteiger partial charge in [-0.3, -0.25) is 4.79 Å². The highest BCUT2D eigenvalue weighted by molar-refractivity contribution is 7.98. The molecular formula is C18H21NO2S. The van der Waals surface area contributed by atoms with Crippen molar-refractivity contribution in [1.29, 1.82) is 0 Å². The molecule has 0 atom stereocenters. The average molecular weight is 315 g/mol. The van der Waals surface area contributed by atoms with Gasteiger partial charge >= 0.3 is 0 Å². The summed E-state index contributed by atoms with van der Waals surface area (Å²) in [6.07, 6.45) is 0. The van der Waals surface area contributed by atoms with E-state index in [0.29, 0.717) is 18.7 Å². The molecule has 0 heterocycles. The van der Waals surface area contributed by atoms with Crippen LogP contribution in [0.2, 0.25) is 0 Å². The van der Waals surface area contributed by atoms with Crippen LogP contribution < -0.4 is 0 Å². The van der Waals surface area contributed by atoms with Crippen molar-refractivity contribution in [3.05, 3.63) is 65.7 Å². The summed E-state index contributed by atoms with van der Waals surface area (Å²) >= 11 is 1.78. The van der Waals surface area contributed by atoms with Crippen molar-refractivity contribution >= 4 is 17.7 Å². The SMILES string of the molecule is CCN(CCO)C(=O)c1ccc(CSc2ccccc2)cc1. The molecule has 4 heteroatoms. The second-order valence-corrected chi connectivity index (χ2v) is 5.96. The van der Waals surface area contributed by atoms with Crippen LogP contribution in [-0.2, 0) is 5.75 Å². The van der Waals surface area contributed by atoms with E-state index in [1.807, 2.05) is 49.4 Å². The molecule has 0 aliphatic carbocycles. The lowest BCUT2D eigenvalue weighted by Gasteiger charge is -2.19. The first-order valence-corrected chi connectivity index (χ1v) is 8.40. The molecule has 0 aliphatic rings. The molecule has 2 aromatic rings. The highest BCUT2D eigenvalue weighted by atomic mass is 32.2. The summed E-state index contributed by atoms with van der Waals surface area (Å²) in [6, 6.07) is 18.0. The fraction of sp³-hybridized carbons (Fsp3) is 0.278. The molecule has 0 bridgehead atoms. The summed E-state index contributed by atoms with van der Waals surface area (Å²) in [7, 11) is 0. The molecule has 0 radical (unpaired) electrons. The number of hydrogen-bond donors (Lipinski definition) is 1.